The largest absolute Gasteiger partial charge is 0.330 e. The second-order valence-electron chi connectivity index (χ2n) is 2.89. The predicted molar refractivity (Wildman–Crippen MR) is 54.0 cm³/mol. The molecule has 1 heterocycles. The van der Waals surface area contributed by atoms with Crippen LogP contribution in [-0.4, -0.2) is 11.5 Å². The standard InChI is InChI=1S/C9H13BrN2/c1-7(2-4-11)8-3-5-12-9(10)6-8/h3,5-7H,2,4,11H2,1H3. The summed E-state index contributed by atoms with van der Waals surface area (Å²) in [5.74, 6) is 0.522. The molecule has 1 aromatic heterocycles. The summed E-state index contributed by atoms with van der Waals surface area (Å²) < 4.78 is 0.892. The average molecular weight is 229 g/mol. The summed E-state index contributed by atoms with van der Waals surface area (Å²) in [6, 6.07) is 4.07. The molecule has 0 aliphatic heterocycles. The van der Waals surface area contributed by atoms with Gasteiger partial charge in [0.05, 0.1) is 0 Å². The molecular formula is C9H13BrN2. The molecular weight excluding hydrogens is 216 g/mol. The van der Waals surface area contributed by atoms with E-state index in [9.17, 15) is 0 Å². The predicted octanol–water partition coefficient (Wildman–Crippen LogP) is 2.30. The third-order valence-corrected chi connectivity index (χ3v) is 2.35. The van der Waals surface area contributed by atoms with E-state index >= 15 is 0 Å². The summed E-state index contributed by atoms with van der Waals surface area (Å²) in [7, 11) is 0. The Kier molecular flexibility index (Phi) is 3.69. The molecule has 0 radical (unpaired) electrons. The van der Waals surface area contributed by atoms with Crippen LogP contribution in [0.5, 0.6) is 0 Å². The Balaban J connectivity index is 2.73. The van der Waals surface area contributed by atoms with Gasteiger partial charge in [-0.15, -0.1) is 0 Å². The smallest absolute Gasteiger partial charge is 0.106 e. The number of aromatic nitrogens is 1. The molecule has 1 atom stereocenters. The van der Waals surface area contributed by atoms with Crippen LogP contribution < -0.4 is 5.73 Å². The second kappa shape index (κ2) is 4.58. The molecule has 66 valence electrons. The lowest BCUT2D eigenvalue weighted by molar-refractivity contribution is 0.688. The van der Waals surface area contributed by atoms with E-state index in [1.165, 1.54) is 5.56 Å². The summed E-state index contributed by atoms with van der Waals surface area (Å²) in [6.07, 6.45) is 2.84. The van der Waals surface area contributed by atoms with E-state index in [0.717, 1.165) is 17.6 Å². The number of nitrogens with two attached hydrogens (primary N) is 1. The molecule has 1 unspecified atom stereocenters. The maximum Gasteiger partial charge on any atom is 0.106 e. The van der Waals surface area contributed by atoms with E-state index < -0.39 is 0 Å². The molecule has 0 saturated heterocycles. The fourth-order valence-corrected chi connectivity index (χ4v) is 1.52. The zero-order valence-corrected chi connectivity index (χ0v) is 8.71. The average Bonchev–Trinajstić information content (AvgIpc) is 2.05. The van der Waals surface area contributed by atoms with Crippen LogP contribution in [-0.2, 0) is 0 Å². The van der Waals surface area contributed by atoms with Crippen molar-refractivity contribution in [1.29, 1.82) is 0 Å². The van der Waals surface area contributed by atoms with Crippen molar-refractivity contribution in [2.45, 2.75) is 19.3 Å². The minimum absolute atomic E-state index is 0.522. The maximum absolute atomic E-state index is 5.48. The van der Waals surface area contributed by atoms with Crippen molar-refractivity contribution < 1.29 is 0 Å². The fourth-order valence-electron chi connectivity index (χ4n) is 1.14. The van der Waals surface area contributed by atoms with Gasteiger partial charge in [-0.3, -0.25) is 0 Å². The number of hydrogen-bond donors (Lipinski definition) is 1. The van der Waals surface area contributed by atoms with Crippen molar-refractivity contribution in [2.75, 3.05) is 6.54 Å². The van der Waals surface area contributed by atoms with E-state index in [0.29, 0.717) is 5.92 Å². The minimum atomic E-state index is 0.522. The third kappa shape index (κ3) is 2.57. The van der Waals surface area contributed by atoms with Crippen molar-refractivity contribution in [1.82, 2.24) is 4.98 Å². The summed E-state index contributed by atoms with van der Waals surface area (Å²) >= 11 is 3.34. The first-order chi connectivity index (χ1) is 5.74. The van der Waals surface area contributed by atoms with Gasteiger partial charge in [0.25, 0.3) is 0 Å². The van der Waals surface area contributed by atoms with Crippen molar-refractivity contribution in [3.63, 3.8) is 0 Å². The van der Waals surface area contributed by atoms with Crippen LogP contribution in [0.2, 0.25) is 0 Å². The summed E-state index contributed by atoms with van der Waals surface area (Å²) in [6.45, 7) is 2.91. The highest BCUT2D eigenvalue weighted by Gasteiger charge is 2.04. The first-order valence-electron chi connectivity index (χ1n) is 4.05. The molecule has 0 aromatic carbocycles. The van der Waals surface area contributed by atoms with E-state index in [1.54, 1.807) is 0 Å². The van der Waals surface area contributed by atoms with Crippen LogP contribution in [0.15, 0.2) is 22.9 Å². The molecule has 3 heteroatoms. The molecule has 0 amide bonds. The van der Waals surface area contributed by atoms with Crippen LogP contribution >= 0.6 is 15.9 Å². The number of hydrogen-bond acceptors (Lipinski definition) is 2. The van der Waals surface area contributed by atoms with Gasteiger partial charge in [-0.1, -0.05) is 6.92 Å². The Labute approximate surface area is 81.3 Å². The Bertz CT molecular complexity index is 250. The lowest BCUT2D eigenvalue weighted by Crippen LogP contribution is -2.04. The van der Waals surface area contributed by atoms with E-state index in [1.807, 2.05) is 18.3 Å². The van der Waals surface area contributed by atoms with Gasteiger partial charge in [0.2, 0.25) is 0 Å². The Morgan fingerprint density at radius 2 is 2.42 bits per heavy atom. The Hall–Kier alpha value is -0.410. The topological polar surface area (TPSA) is 38.9 Å². The van der Waals surface area contributed by atoms with Crippen LogP contribution in [0.3, 0.4) is 0 Å². The number of halogens is 1. The fraction of sp³-hybridized carbons (Fsp3) is 0.444. The third-order valence-electron chi connectivity index (χ3n) is 1.92. The van der Waals surface area contributed by atoms with Crippen LogP contribution in [0.4, 0.5) is 0 Å². The molecule has 1 rings (SSSR count). The molecule has 1 aromatic rings. The SMILES string of the molecule is CC(CCN)c1ccnc(Br)c1. The molecule has 2 N–H and O–H groups in total. The lowest BCUT2D eigenvalue weighted by Gasteiger charge is -2.09. The highest BCUT2D eigenvalue weighted by atomic mass is 79.9. The van der Waals surface area contributed by atoms with Gasteiger partial charge in [-0.25, -0.2) is 4.98 Å². The normalized spacial score (nSPS) is 12.9. The van der Waals surface area contributed by atoms with Gasteiger partial charge in [0.1, 0.15) is 4.60 Å². The second-order valence-corrected chi connectivity index (χ2v) is 3.70. The van der Waals surface area contributed by atoms with Gasteiger partial charge in [0, 0.05) is 6.20 Å². The quantitative estimate of drug-likeness (QED) is 0.807. The molecule has 0 aliphatic carbocycles. The number of pyridine rings is 1. The molecule has 0 bridgehead atoms. The zero-order valence-electron chi connectivity index (χ0n) is 7.13. The summed E-state index contributed by atoms with van der Waals surface area (Å²) in [5, 5.41) is 0. The molecule has 0 aliphatic rings. The molecule has 0 saturated carbocycles. The van der Waals surface area contributed by atoms with Crippen LogP contribution in [0, 0.1) is 0 Å². The van der Waals surface area contributed by atoms with E-state index in [2.05, 4.69) is 27.8 Å². The van der Waals surface area contributed by atoms with Crippen molar-refractivity contribution in [2.24, 2.45) is 5.73 Å². The summed E-state index contributed by atoms with van der Waals surface area (Å²) in [4.78, 5) is 4.07. The zero-order chi connectivity index (χ0) is 8.97. The molecule has 0 spiro atoms. The van der Waals surface area contributed by atoms with Gasteiger partial charge < -0.3 is 5.73 Å². The van der Waals surface area contributed by atoms with E-state index in [4.69, 9.17) is 5.73 Å². The highest BCUT2D eigenvalue weighted by Crippen LogP contribution is 2.19. The van der Waals surface area contributed by atoms with E-state index in [-0.39, 0.29) is 0 Å². The lowest BCUT2D eigenvalue weighted by atomic mass is 9.99. The Morgan fingerprint density at radius 1 is 1.67 bits per heavy atom. The monoisotopic (exact) mass is 228 g/mol. The van der Waals surface area contributed by atoms with Crippen molar-refractivity contribution in [3.05, 3.63) is 28.5 Å². The minimum Gasteiger partial charge on any atom is -0.330 e. The van der Waals surface area contributed by atoms with Crippen molar-refractivity contribution >= 4 is 15.9 Å². The van der Waals surface area contributed by atoms with Gasteiger partial charge in [-0.2, -0.15) is 0 Å². The van der Waals surface area contributed by atoms with Gasteiger partial charge in [-0.05, 0) is 52.5 Å². The van der Waals surface area contributed by atoms with Crippen LogP contribution in [0.25, 0.3) is 0 Å². The number of nitrogens with zero attached hydrogens (tertiary/aromatic N) is 1. The Morgan fingerprint density at radius 3 is 3.00 bits per heavy atom. The number of rotatable bonds is 3. The van der Waals surface area contributed by atoms with Gasteiger partial charge >= 0.3 is 0 Å². The molecule has 0 fully saturated rings. The first kappa shape index (κ1) is 9.68. The summed E-state index contributed by atoms with van der Waals surface area (Å²) in [5.41, 5.74) is 6.77. The van der Waals surface area contributed by atoms with Gasteiger partial charge in [0.15, 0.2) is 0 Å². The molecule has 2 nitrogen and oxygen atoms in total. The van der Waals surface area contributed by atoms with Crippen LogP contribution in [0.1, 0.15) is 24.8 Å². The maximum atomic E-state index is 5.48. The highest BCUT2D eigenvalue weighted by molar-refractivity contribution is 9.10. The van der Waals surface area contributed by atoms with Crippen molar-refractivity contribution in [3.8, 4) is 0 Å². The molecule has 12 heavy (non-hydrogen) atoms. The first-order valence-corrected chi connectivity index (χ1v) is 4.85.